The van der Waals surface area contributed by atoms with E-state index in [9.17, 15) is 17.6 Å². The molecule has 1 aromatic rings. The molecule has 1 aromatic carbocycles. The van der Waals surface area contributed by atoms with Gasteiger partial charge in [-0.1, -0.05) is 12.5 Å². The van der Waals surface area contributed by atoms with Crippen LogP contribution < -0.4 is 10.1 Å². The Kier molecular flexibility index (Phi) is 3.75. The number of nitrogens with one attached hydrogen (secondary N) is 1. The van der Waals surface area contributed by atoms with Crippen LogP contribution in [0.1, 0.15) is 30.9 Å². The van der Waals surface area contributed by atoms with Crippen LogP contribution >= 0.6 is 0 Å². The molecule has 1 N–H and O–H groups in total. The molecule has 0 radical (unpaired) electrons. The van der Waals surface area contributed by atoms with Crippen LogP contribution in [-0.4, -0.2) is 12.9 Å². The Balaban J connectivity index is 2.13. The lowest BCUT2D eigenvalue weighted by Gasteiger charge is -2.24. The Morgan fingerprint density at radius 2 is 2.00 bits per heavy atom. The summed E-state index contributed by atoms with van der Waals surface area (Å²) in [5, 5.41) is 3.20. The lowest BCUT2D eigenvalue weighted by Crippen LogP contribution is -2.26. The van der Waals surface area contributed by atoms with E-state index in [0.717, 1.165) is 37.9 Å². The van der Waals surface area contributed by atoms with Gasteiger partial charge in [0.05, 0.1) is 0 Å². The lowest BCUT2D eigenvalue weighted by atomic mass is 9.97. The van der Waals surface area contributed by atoms with E-state index in [-0.39, 0.29) is 6.04 Å². The Morgan fingerprint density at radius 3 is 2.56 bits per heavy atom. The molecule has 18 heavy (non-hydrogen) atoms. The molecule has 1 atom stereocenters. The van der Waals surface area contributed by atoms with E-state index in [2.05, 4.69) is 10.1 Å². The quantitative estimate of drug-likeness (QED) is 0.824. The third-order valence-corrected chi connectivity index (χ3v) is 2.89. The van der Waals surface area contributed by atoms with Gasteiger partial charge in [-0.2, -0.15) is 0 Å². The molecular formula is C12H13F4NO. The normalized spacial score (nSPS) is 20.8. The zero-order valence-electron chi connectivity index (χ0n) is 9.56. The number of hydrogen-bond acceptors (Lipinski definition) is 2. The molecule has 0 bridgehead atoms. The van der Waals surface area contributed by atoms with Crippen molar-refractivity contribution >= 4 is 0 Å². The van der Waals surface area contributed by atoms with E-state index in [1.165, 1.54) is 6.07 Å². The first-order valence-electron chi connectivity index (χ1n) is 5.74. The van der Waals surface area contributed by atoms with Gasteiger partial charge in [0, 0.05) is 6.04 Å². The predicted molar refractivity (Wildman–Crippen MR) is 57.7 cm³/mol. The summed E-state index contributed by atoms with van der Waals surface area (Å²) in [7, 11) is 0. The summed E-state index contributed by atoms with van der Waals surface area (Å²) in [6, 6.07) is 3.60. The zero-order chi connectivity index (χ0) is 13.2. The Hall–Kier alpha value is -1.30. The number of rotatable bonds is 2. The minimum Gasteiger partial charge on any atom is -0.403 e. The summed E-state index contributed by atoms with van der Waals surface area (Å²) in [6.07, 6.45) is -1.92. The largest absolute Gasteiger partial charge is 0.573 e. The summed E-state index contributed by atoms with van der Waals surface area (Å²) in [4.78, 5) is 0. The molecular weight excluding hydrogens is 250 g/mol. The number of piperidine rings is 1. The van der Waals surface area contributed by atoms with E-state index in [4.69, 9.17) is 0 Å². The van der Waals surface area contributed by atoms with Crippen molar-refractivity contribution in [2.24, 2.45) is 0 Å². The molecule has 0 aliphatic carbocycles. The van der Waals surface area contributed by atoms with Gasteiger partial charge in [-0.3, -0.25) is 0 Å². The van der Waals surface area contributed by atoms with Crippen LogP contribution in [0.5, 0.6) is 5.75 Å². The van der Waals surface area contributed by atoms with E-state index >= 15 is 0 Å². The first kappa shape index (κ1) is 13.1. The molecule has 0 aromatic heterocycles. The maximum Gasteiger partial charge on any atom is 0.573 e. The topological polar surface area (TPSA) is 21.3 Å². The lowest BCUT2D eigenvalue weighted by molar-refractivity contribution is -0.275. The second-order valence-electron chi connectivity index (χ2n) is 4.24. The maximum atomic E-state index is 13.5. The molecule has 100 valence electrons. The van der Waals surface area contributed by atoms with Crippen molar-refractivity contribution < 1.29 is 22.3 Å². The van der Waals surface area contributed by atoms with Gasteiger partial charge in [-0.25, -0.2) is 4.39 Å². The second-order valence-corrected chi connectivity index (χ2v) is 4.24. The maximum absolute atomic E-state index is 13.5. The van der Waals surface area contributed by atoms with Gasteiger partial charge < -0.3 is 10.1 Å². The molecule has 1 aliphatic rings. The van der Waals surface area contributed by atoms with E-state index in [1.54, 1.807) is 0 Å². The molecule has 0 amide bonds. The fourth-order valence-electron chi connectivity index (χ4n) is 2.08. The fourth-order valence-corrected chi connectivity index (χ4v) is 2.08. The van der Waals surface area contributed by atoms with Crippen LogP contribution in [0, 0.1) is 5.82 Å². The fraction of sp³-hybridized carbons (Fsp3) is 0.500. The van der Waals surface area contributed by atoms with Gasteiger partial charge in [0.1, 0.15) is 0 Å². The summed E-state index contributed by atoms with van der Waals surface area (Å²) in [5.74, 6) is -1.78. The Bertz CT molecular complexity index is 413. The first-order chi connectivity index (χ1) is 8.46. The molecule has 2 nitrogen and oxygen atoms in total. The average molecular weight is 263 g/mol. The Labute approximate surface area is 102 Å². The molecule has 1 aliphatic heterocycles. The first-order valence-corrected chi connectivity index (χ1v) is 5.74. The minimum absolute atomic E-state index is 0.00758. The summed E-state index contributed by atoms with van der Waals surface area (Å²) in [6.45, 7) is 0.840. The molecule has 1 saturated heterocycles. The zero-order valence-corrected chi connectivity index (χ0v) is 9.56. The summed E-state index contributed by atoms with van der Waals surface area (Å²) in [5.41, 5.74) is 0.654. The van der Waals surface area contributed by atoms with Crippen LogP contribution in [-0.2, 0) is 0 Å². The van der Waals surface area contributed by atoms with Gasteiger partial charge in [-0.05, 0) is 37.1 Å². The van der Waals surface area contributed by atoms with Gasteiger partial charge >= 0.3 is 6.36 Å². The van der Waals surface area contributed by atoms with E-state index in [0.29, 0.717) is 5.56 Å². The molecule has 0 spiro atoms. The summed E-state index contributed by atoms with van der Waals surface area (Å²) < 4.78 is 53.0. The van der Waals surface area contributed by atoms with E-state index < -0.39 is 17.9 Å². The smallest absolute Gasteiger partial charge is 0.403 e. The average Bonchev–Trinajstić information content (AvgIpc) is 2.31. The third-order valence-electron chi connectivity index (χ3n) is 2.89. The number of halogens is 4. The number of alkyl halides is 3. The van der Waals surface area contributed by atoms with Crippen LogP contribution in [0.2, 0.25) is 0 Å². The number of hydrogen-bond donors (Lipinski definition) is 1. The van der Waals surface area contributed by atoms with Crippen molar-refractivity contribution in [2.45, 2.75) is 31.7 Å². The van der Waals surface area contributed by atoms with Gasteiger partial charge in [0.15, 0.2) is 11.6 Å². The standard InChI is InChI=1S/C12H13F4NO/c13-9-7-8(10-3-1-2-6-17-10)4-5-11(9)18-12(14,15)16/h4-5,7,10,17H,1-3,6H2/t10-/m0/s1. The number of benzene rings is 1. The molecule has 6 heteroatoms. The highest BCUT2D eigenvalue weighted by Crippen LogP contribution is 2.29. The van der Waals surface area contributed by atoms with Gasteiger partial charge in [0.25, 0.3) is 0 Å². The van der Waals surface area contributed by atoms with Crippen LogP contribution in [0.15, 0.2) is 18.2 Å². The highest BCUT2D eigenvalue weighted by atomic mass is 19.4. The SMILES string of the molecule is Fc1cc([C@@H]2CCCCN2)ccc1OC(F)(F)F. The van der Waals surface area contributed by atoms with Crippen molar-refractivity contribution in [2.75, 3.05) is 6.54 Å². The molecule has 0 unspecified atom stereocenters. The van der Waals surface area contributed by atoms with Crippen LogP contribution in [0.25, 0.3) is 0 Å². The van der Waals surface area contributed by atoms with Crippen molar-refractivity contribution in [3.8, 4) is 5.75 Å². The van der Waals surface area contributed by atoms with Gasteiger partial charge in [0.2, 0.25) is 0 Å². The molecule has 0 saturated carbocycles. The second kappa shape index (κ2) is 5.14. The van der Waals surface area contributed by atoms with Crippen LogP contribution in [0.3, 0.4) is 0 Å². The molecule has 1 fully saturated rings. The number of ether oxygens (including phenoxy) is 1. The van der Waals surface area contributed by atoms with Crippen molar-refractivity contribution in [1.82, 2.24) is 5.32 Å². The van der Waals surface area contributed by atoms with Crippen molar-refractivity contribution in [3.63, 3.8) is 0 Å². The predicted octanol–water partition coefficient (Wildman–Crippen LogP) is 3.54. The minimum atomic E-state index is -4.87. The van der Waals surface area contributed by atoms with Crippen molar-refractivity contribution in [3.05, 3.63) is 29.6 Å². The monoisotopic (exact) mass is 263 g/mol. The third kappa shape index (κ3) is 3.35. The molecule has 2 rings (SSSR count). The van der Waals surface area contributed by atoms with Gasteiger partial charge in [-0.15, -0.1) is 13.2 Å². The highest BCUT2D eigenvalue weighted by Gasteiger charge is 2.32. The summed E-state index contributed by atoms with van der Waals surface area (Å²) >= 11 is 0. The molecule has 1 heterocycles. The Morgan fingerprint density at radius 1 is 1.22 bits per heavy atom. The van der Waals surface area contributed by atoms with E-state index in [1.807, 2.05) is 0 Å². The van der Waals surface area contributed by atoms with Crippen molar-refractivity contribution in [1.29, 1.82) is 0 Å². The highest BCUT2D eigenvalue weighted by molar-refractivity contribution is 5.31. The van der Waals surface area contributed by atoms with Crippen LogP contribution in [0.4, 0.5) is 17.6 Å².